The SMILES string of the molecule is CC.COc1ccc(C=CC(=O)O)cc1. The first-order valence-electron chi connectivity index (χ1n) is 4.77. The number of benzene rings is 1. The molecule has 0 aliphatic carbocycles. The van der Waals surface area contributed by atoms with Crippen LogP contribution in [0.15, 0.2) is 30.3 Å². The van der Waals surface area contributed by atoms with Crippen LogP contribution >= 0.6 is 0 Å². The van der Waals surface area contributed by atoms with E-state index in [9.17, 15) is 4.79 Å². The monoisotopic (exact) mass is 208 g/mol. The molecule has 0 unspecified atom stereocenters. The lowest BCUT2D eigenvalue weighted by molar-refractivity contribution is -0.131. The van der Waals surface area contributed by atoms with Crippen molar-refractivity contribution in [2.24, 2.45) is 0 Å². The van der Waals surface area contributed by atoms with E-state index in [1.165, 1.54) is 6.08 Å². The lowest BCUT2D eigenvalue weighted by Gasteiger charge is -1.98. The number of rotatable bonds is 3. The van der Waals surface area contributed by atoms with Crippen molar-refractivity contribution in [1.82, 2.24) is 0 Å². The highest BCUT2D eigenvalue weighted by Gasteiger charge is 1.91. The highest BCUT2D eigenvalue weighted by molar-refractivity contribution is 5.85. The predicted octanol–water partition coefficient (Wildman–Crippen LogP) is 2.82. The normalized spacial score (nSPS) is 9.27. The van der Waals surface area contributed by atoms with Crippen molar-refractivity contribution in [2.45, 2.75) is 13.8 Å². The van der Waals surface area contributed by atoms with Crippen LogP contribution in [0.3, 0.4) is 0 Å². The second-order valence-corrected chi connectivity index (χ2v) is 2.44. The van der Waals surface area contributed by atoms with Gasteiger partial charge in [-0.25, -0.2) is 4.79 Å². The highest BCUT2D eigenvalue weighted by atomic mass is 16.5. The second-order valence-electron chi connectivity index (χ2n) is 2.44. The lowest BCUT2D eigenvalue weighted by atomic mass is 10.2. The Labute approximate surface area is 90.0 Å². The molecule has 1 rings (SSSR count). The minimum Gasteiger partial charge on any atom is -0.497 e. The summed E-state index contributed by atoms with van der Waals surface area (Å²) in [4.78, 5) is 10.2. The van der Waals surface area contributed by atoms with Gasteiger partial charge in [0.1, 0.15) is 5.75 Å². The van der Waals surface area contributed by atoms with Gasteiger partial charge in [0, 0.05) is 6.08 Å². The van der Waals surface area contributed by atoms with Crippen LogP contribution in [0.25, 0.3) is 6.08 Å². The Morgan fingerprint density at radius 3 is 2.20 bits per heavy atom. The van der Waals surface area contributed by atoms with Gasteiger partial charge in [-0.3, -0.25) is 0 Å². The second kappa shape index (κ2) is 7.62. The molecule has 0 aliphatic heterocycles. The molecule has 0 saturated heterocycles. The van der Waals surface area contributed by atoms with Crippen molar-refractivity contribution in [3.63, 3.8) is 0 Å². The van der Waals surface area contributed by atoms with Crippen LogP contribution in [0.4, 0.5) is 0 Å². The van der Waals surface area contributed by atoms with E-state index < -0.39 is 5.97 Å². The van der Waals surface area contributed by atoms with Gasteiger partial charge in [0.25, 0.3) is 0 Å². The molecule has 0 amide bonds. The van der Waals surface area contributed by atoms with E-state index in [2.05, 4.69) is 0 Å². The van der Waals surface area contributed by atoms with Crippen molar-refractivity contribution in [2.75, 3.05) is 7.11 Å². The minimum absolute atomic E-state index is 0.757. The van der Waals surface area contributed by atoms with Crippen molar-refractivity contribution < 1.29 is 14.6 Å². The molecule has 15 heavy (non-hydrogen) atoms. The number of carboxylic acids is 1. The summed E-state index contributed by atoms with van der Waals surface area (Å²) in [6.45, 7) is 4.00. The summed E-state index contributed by atoms with van der Waals surface area (Å²) in [6, 6.07) is 7.14. The molecule has 1 aromatic carbocycles. The Bertz CT molecular complexity index is 312. The fourth-order valence-corrected chi connectivity index (χ4v) is 0.883. The van der Waals surface area contributed by atoms with Crippen molar-refractivity contribution in [3.05, 3.63) is 35.9 Å². The molecule has 0 heterocycles. The fraction of sp³-hybridized carbons (Fsp3) is 0.250. The number of methoxy groups -OCH3 is 1. The molecular weight excluding hydrogens is 192 g/mol. The molecule has 0 spiro atoms. The van der Waals surface area contributed by atoms with E-state index in [0.717, 1.165) is 17.4 Å². The van der Waals surface area contributed by atoms with E-state index >= 15 is 0 Å². The van der Waals surface area contributed by atoms with Crippen LogP contribution in [-0.4, -0.2) is 18.2 Å². The van der Waals surface area contributed by atoms with Gasteiger partial charge in [0.2, 0.25) is 0 Å². The molecule has 0 aliphatic rings. The summed E-state index contributed by atoms with van der Waals surface area (Å²) in [5.41, 5.74) is 0.836. The fourth-order valence-electron chi connectivity index (χ4n) is 0.883. The minimum atomic E-state index is -0.948. The first kappa shape index (κ1) is 13.2. The maximum Gasteiger partial charge on any atom is 0.328 e. The molecule has 3 nitrogen and oxygen atoms in total. The summed E-state index contributed by atoms with van der Waals surface area (Å²) in [5, 5.41) is 8.36. The van der Waals surface area contributed by atoms with Crippen molar-refractivity contribution >= 4 is 12.0 Å². The number of hydrogen-bond donors (Lipinski definition) is 1. The van der Waals surface area contributed by atoms with Crippen LogP contribution in [0.2, 0.25) is 0 Å². The molecule has 0 aromatic heterocycles. The Morgan fingerprint density at radius 1 is 1.27 bits per heavy atom. The number of carbonyl (C=O) groups is 1. The van der Waals surface area contributed by atoms with Crippen LogP contribution in [0.5, 0.6) is 5.75 Å². The summed E-state index contributed by atoms with van der Waals surface area (Å²) < 4.78 is 4.95. The van der Waals surface area contributed by atoms with Crippen molar-refractivity contribution in [3.8, 4) is 5.75 Å². The highest BCUT2D eigenvalue weighted by Crippen LogP contribution is 2.11. The molecule has 3 heteroatoms. The number of hydrogen-bond acceptors (Lipinski definition) is 2. The Balaban J connectivity index is 0.000000921. The molecule has 0 atom stereocenters. The summed E-state index contributed by atoms with van der Waals surface area (Å²) in [5.74, 6) is -0.191. The number of ether oxygens (including phenoxy) is 1. The van der Waals surface area contributed by atoms with Gasteiger partial charge in [-0.05, 0) is 23.8 Å². The first-order valence-corrected chi connectivity index (χ1v) is 4.77. The summed E-state index contributed by atoms with van der Waals surface area (Å²) in [6.07, 6.45) is 2.63. The lowest BCUT2D eigenvalue weighted by Crippen LogP contribution is -1.86. The van der Waals surface area contributed by atoms with E-state index in [-0.39, 0.29) is 0 Å². The van der Waals surface area contributed by atoms with Crippen molar-refractivity contribution in [1.29, 1.82) is 0 Å². The van der Waals surface area contributed by atoms with Gasteiger partial charge in [-0.15, -0.1) is 0 Å². The van der Waals surface area contributed by atoms with Crippen LogP contribution in [0.1, 0.15) is 19.4 Å². The summed E-state index contributed by atoms with van der Waals surface area (Å²) in [7, 11) is 1.59. The Kier molecular flexibility index (Phi) is 6.72. The zero-order chi connectivity index (χ0) is 11.7. The molecular formula is C12H16O3. The van der Waals surface area contributed by atoms with Gasteiger partial charge in [-0.2, -0.15) is 0 Å². The van der Waals surface area contributed by atoms with E-state index in [1.54, 1.807) is 31.4 Å². The predicted molar refractivity (Wildman–Crippen MR) is 61.0 cm³/mol. The van der Waals surface area contributed by atoms with Gasteiger partial charge >= 0.3 is 5.97 Å². The zero-order valence-electron chi connectivity index (χ0n) is 9.23. The summed E-state index contributed by atoms with van der Waals surface area (Å²) >= 11 is 0. The molecule has 0 bridgehead atoms. The van der Waals surface area contributed by atoms with E-state index in [4.69, 9.17) is 9.84 Å². The largest absolute Gasteiger partial charge is 0.497 e. The third-order valence-electron chi connectivity index (χ3n) is 1.53. The quantitative estimate of drug-likeness (QED) is 0.777. The first-order chi connectivity index (χ1) is 7.22. The molecule has 82 valence electrons. The number of carboxylic acid groups (broad SMARTS) is 1. The third-order valence-corrected chi connectivity index (χ3v) is 1.53. The third kappa shape index (κ3) is 5.52. The Hall–Kier alpha value is -1.77. The van der Waals surface area contributed by atoms with E-state index in [0.29, 0.717) is 0 Å². The molecule has 1 aromatic rings. The Morgan fingerprint density at radius 2 is 1.80 bits per heavy atom. The maximum atomic E-state index is 10.2. The number of aliphatic carboxylic acids is 1. The molecule has 0 fully saturated rings. The topological polar surface area (TPSA) is 46.5 Å². The van der Waals surface area contributed by atoms with Gasteiger partial charge in [0.15, 0.2) is 0 Å². The van der Waals surface area contributed by atoms with Gasteiger partial charge < -0.3 is 9.84 Å². The van der Waals surface area contributed by atoms with Crippen LogP contribution in [-0.2, 0) is 4.79 Å². The molecule has 1 N–H and O–H groups in total. The van der Waals surface area contributed by atoms with Crippen LogP contribution < -0.4 is 4.74 Å². The molecule has 0 radical (unpaired) electrons. The average molecular weight is 208 g/mol. The van der Waals surface area contributed by atoms with Crippen LogP contribution in [0, 0.1) is 0 Å². The van der Waals surface area contributed by atoms with Gasteiger partial charge in [-0.1, -0.05) is 26.0 Å². The molecule has 0 saturated carbocycles. The smallest absolute Gasteiger partial charge is 0.328 e. The standard InChI is InChI=1S/C10H10O3.C2H6/c1-13-9-5-2-8(3-6-9)4-7-10(11)12;1-2/h2-7H,1H3,(H,11,12);1-2H3. The zero-order valence-corrected chi connectivity index (χ0v) is 9.23. The average Bonchev–Trinajstić information content (AvgIpc) is 2.30. The van der Waals surface area contributed by atoms with E-state index in [1.807, 2.05) is 13.8 Å². The van der Waals surface area contributed by atoms with Gasteiger partial charge in [0.05, 0.1) is 7.11 Å². The maximum absolute atomic E-state index is 10.2.